The summed E-state index contributed by atoms with van der Waals surface area (Å²) in [5.41, 5.74) is 7.24. The monoisotopic (exact) mass is 372 g/mol. The van der Waals surface area contributed by atoms with Gasteiger partial charge in [0, 0.05) is 21.6 Å². The second-order valence-electron chi connectivity index (χ2n) is 5.00. The molecule has 4 aromatic rings. The number of nitrogens with zero attached hydrogens (tertiary/aromatic N) is 1. The zero-order chi connectivity index (χ0) is 16.1. The van der Waals surface area contributed by atoms with Gasteiger partial charge in [-0.25, -0.2) is 9.36 Å². The van der Waals surface area contributed by atoms with E-state index < -0.39 is 11.7 Å². The van der Waals surface area contributed by atoms with E-state index in [2.05, 4.69) is 15.9 Å². The van der Waals surface area contributed by atoms with Crippen LogP contribution in [0.3, 0.4) is 0 Å². The molecular weight excluding hydrogens is 364 g/mol. The van der Waals surface area contributed by atoms with Crippen LogP contribution in [0.15, 0.2) is 60.6 Å². The molecule has 7 heteroatoms. The summed E-state index contributed by atoms with van der Waals surface area (Å²) >= 11 is 3.40. The van der Waals surface area contributed by atoms with E-state index in [0.717, 1.165) is 14.4 Å². The fourth-order valence-corrected chi connectivity index (χ4v) is 2.93. The van der Waals surface area contributed by atoms with Gasteiger partial charge in [-0.1, -0.05) is 22.0 Å². The molecular formula is C16H9BrN2O4. The standard InChI is InChI=1S/C16H9BrN2O4/c17-10-2-1-3-12-9(10)7-14(22-12)15(20)19-11-5-4-8(18)6-13(11)23-16(19)21/h1-7H,18H2. The van der Waals surface area contributed by atoms with E-state index >= 15 is 0 Å². The summed E-state index contributed by atoms with van der Waals surface area (Å²) in [6, 6.07) is 11.6. The van der Waals surface area contributed by atoms with Crippen molar-refractivity contribution in [3.63, 3.8) is 0 Å². The molecule has 0 radical (unpaired) electrons. The number of furan rings is 1. The summed E-state index contributed by atoms with van der Waals surface area (Å²) in [6.07, 6.45) is 0. The lowest BCUT2D eigenvalue weighted by Crippen LogP contribution is -2.22. The van der Waals surface area contributed by atoms with Crippen molar-refractivity contribution in [2.45, 2.75) is 0 Å². The number of hydrogen-bond acceptors (Lipinski definition) is 5. The van der Waals surface area contributed by atoms with Gasteiger partial charge in [-0.3, -0.25) is 4.79 Å². The molecule has 2 N–H and O–H groups in total. The molecule has 0 atom stereocenters. The predicted molar refractivity (Wildman–Crippen MR) is 88.5 cm³/mol. The Morgan fingerprint density at radius 3 is 2.70 bits per heavy atom. The Morgan fingerprint density at radius 2 is 1.91 bits per heavy atom. The normalized spacial score (nSPS) is 11.3. The van der Waals surface area contributed by atoms with Crippen molar-refractivity contribution in [1.29, 1.82) is 0 Å². The van der Waals surface area contributed by atoms with Gasteiger partial charge in [0.05, 0.1) is 5.52 Å². The van der Waals surface area contributed by atoms with Crippen LogP contribution in [0, 0.1) is 0 Å². The molecule has 4 rings (SSSR count). The Labute approximate surface area is 137 Å². The van der Waals surface area contributed by atoms with Crippen LogP contribution in [0.25, 0.3) is 22.1 Å². The number of nitrogen functional groups attached to an aromatic ring is 1. The minimum absolute atomic E-state index is 0.0496. The van der Waals surface area contributed by atoms with Crippen molar-refractivity contribution in [3.05, 3.63) is 63.2 Å². The van der Waals surface area contributed by atoms with Crippen LogP contribution >= 0.6 is 15.9 Å². The van der Waals surface area contributed by atoms with Gasteiger partial charge < -0.3 is 14.6 Å². The molecule has 0 aliphatic rings. The number of carbonyl (C=O) groups is 1. The van der Waals surface area contributed by atoms with Crippen molar-refractivity contribution in [2.24, 2.45) is 0 Å². The quantitative estimate of drug-likeness (QED) is 0.517. The third-order valence-electron chi connectivity index (χ3n) is 3.53. The number of carbonyl (C=O) groups excluding carboxylic acids is 1. The zero-order valence-corrected chi connectivity index (χ0v) is 13.2. The summed E-state index contributed by atoms with van der Waals surface area (Å²) in [4.78, 5) is 24.7. The molecule has 2 heterocycles. The Hall–Kier alpha value is -2.80. The maximum Gasteiger partial charge on any atom is 0.427 e. The average Bonchev–Trinajstić information content (AvgIpc) is 3.07. The second-order valence-corrected chi connectivity index (χ2v) is 5.85. The third kappa shape index (κ3) is 2.08. The molecule has 0 aliphatic heterocycles. The maximum atomic E-state index is 12.7. The van der Waals surface area contributed by atoms with Crippen LogP contribution in [0.5, 0.6) is 0 Å². The number of nitrogens with two attached hydrogens (primary N) is 1. The van der Waals surface area contributed by atoms with E-state index in [9.17, 15) is 9.59 Å². The predicted octanol–water partition coefficient (Wildman–Crippen LogP) is 3.37. The smallest absolute Gasteiger partial charge is 0.427 e. The van der Waals surface area contributed by atoms with Gasteiger partial charge in [0.25, 0.3) is 0 Å². The van der Waals surface area contributed by atoms with Crippen LogP contribution in [0.4, 0.5) is 5.69 Å². The van der Waals surface area contributed by atoms with Gasteiger partial charge >= 0.3 is 11.7 Å². The molecule has 2 aromatic carbocycles. The van der Waals surface area contributed by atoms with Gasteiger partial charge in [-0.05, 0) is 30.3 Å². The first-order chi connectivity index (χ1) is 11.0. The van der Waals surface area contributed by atoms with Crippen molar-refractivity contribution in [1.82, 2.24) is 4.57 Å². The minimum Gasteiger partial charge on any atom is -0.451 e. The molecule has 0 aliphatic carbocycles. The number of aromatic nitrogens is 1. The minimum atomic E-state index is -0.782. The van der Waals surface area contributed by atoms with Gasteiger partial charge in [-0.2, -0.15) is 0 Å². The Kier molecular flexibility index (Phi) is 2.92. The highest BCUT2D eigenvalue weighted by atomic mass is 79.9. The maximum absolute atomic E-state index is 12.7. The number of halogens is 1. The molecule has 0 saturated heterocycles. The van der Waals surface area contributed by atoms with Crippen molar-refractivity contribution >= 4 is 49.6 Å². The molecule has 2 aromatic heterocycles. The summed E-state index contributed by atoms with van der Waals surface area (Å²) in [5.74, 6) is -1.33. The molecule has 0 saturated carbocycles. The number of fused-ring (bicyclic) bond motifs is 2. The van der Waals surface area contributed by atoms with E-state index in [1.165, 1.54) is 6.07 Å². The van der Waals surface area contributed by atoms with E-state index in [1.54, 1.807) is 30.3 Å². The average molecular weight is 373 g/mol. The lowest BCUT2D eigenvalue weighted by atomic mass is 10.2. The molecule has 0 unspecified atom stereocenters. The van der Waals surface area contributed by atoms with Crippen LogP contribution in [0.2, 0.25) is 0 Å². The molecule has 23 heavy (non-hydrogen) atoms. The Morgan fingerprint density at radius 1 is 1.09 bits per heavy atom. The number of rotatable bonds is 1. The molecule has 6 nitrogen and oxygen atoms in total. The summed E-state index contributed by atoms with van der Waals surface area (Å²) in [6.45, 7) is 0. The third-order valence-corrected chi connectivity index (χ3v) is 4.22. The fraction of sp³-hybridized carbons (Fsp3) is 0. The van der Waals surface area contributed by atoms with Crippen molar-refractivity contribution in [3.8, 4) is 0 Å². The van der Waals surface area contributed by atoms with Gasteiger partial charge in [0.15, 0.2) is 11.3 Å². The molecule has 0 amide bonds. The topological polar surface area (TPSA) is 91.4 Å². The molecule has 0 spiro atoms. The van der Waals surface area contributed by atoms with E-state index in [1.807, 2.05) is 6.07 Å². The van der Waals surface area contributed by atoms with Crippen molar-refractivity contribution < 1.29 is 13.6 Å². The second kappa shape index (κ2) is 4.85. The number of hydrogen-bond donors (Lipinski definition) is 1. The Bertz CT molecular complexity index is 1140. The van der Waals surface area contributed by atoms with Crippen LogP contribution in [0.1, 0.15) is 10.6 Å². The molecule has 114 valence electrons. The molecule has 0 fully saturated rings. The first-order valence-corrected chi connectivity index (χ1v) is 7.48. The van der Waals surface area contributed by atoms with E-state index in [4.69, 9.17) is 14.6 Å². The first kappa shape index (κ1) is 13.8. The van der Waals surface area contributed by atoms with Gasteiger partial charge in [0.1, 0.15) is 5.58 Å². The van der Waals surface area contributed by atoms with Gasteiger partial charge in [-0.15, -0.1) is 0 Å². The van der Waals surface area contributed by atoms with Crippen molar-refractivity contribution in [2.75, 3.05) is 5.73 Å². The number of oxazole rings is 1. The highest BCUT2D eigenvalue weighted by molar-refractivity contribution is 9.10. The summed E-state index contributed by atoms with van der Waals surface area (Å²) < 4.78 is 12.4. The highest BCUT2D eigenvalue weighted by Crippen LogP contribution is 2.27. The summed E-state index contributed by atoms with van der Waals surface area (Å²) in [5, 5.41) is 0.751. The highest BCUT2D eigenvalue weighted by Gasteiger charge is 2.21. The van der Waals surface area contributed by atoms with Crippen LogP contribution in [-0.4, -0.2) is 10.5 Å². The fourth-order valence-electron chi connectivity index (χ4n) is 2.47. The number of benzene rings is 2. The zero-order valence-electron chi connectivity index (χ0n) is 11.6. The first-order valence-electron chi connectivity index (χ1n) is 6.68. The SMILES string of the molecule is Nc1ccc2c(c1)oc(=O)n2C(=O)c1cc2c(Br)cccc2o1. The van der Waals surface area contributed by atoms with Crippen LogP contribution in [-0.2, 0) is 0 Å². The Balaban J connectivity index is 1.93. The summed E-state index contributed by atoms with van der Waals surface area (Å²) in [7, 11) is 0. The van der Waals surface area contributed by atoms with E-state index in [-0.39, 0.29) is 11.3 Å². The lowest BCUT2D eigenvalue weighted by Gasteiger charge is -1.97. The van der Waals surface area contributed by atoms with E-state index in [0.29, 0.717) is 16.8 Å². The van der Waals surface area contributed by atoms with Crippen LogP contribution < -0.4 is 11.5 Å². The lowest BCUT2D eigenvalue weighted by molar-refractivity contribution is 0.0931. The largest absolute Gasteiger partial charge is 0.451 e. The molecule has 0 bridgehead atoms. The van der Waals surface area contributed by atoms with Gasteiger partial charge in [0.2, 0.25) is 0 Å². The number of anilines is 1.